The molecule has 5 heteroatoms. The minimum atomic E-state index is -0.950. The van der Waals surface area contributed by atoms with Crippen molar-refractivity contribution in [2.45, 2.75) is 6.42 Å². The zero-order valence-electron chi connectivity index (χ0n) is 13.2. The Hall–Kier alpha value is -2.95. The number of carboxylic acid groups (broad SMARTS) is 1. The Balaban J connectivity index is 1.87. The highest BCUT2D eigenvalue weighted by Gasteiger charge is 2.00. The highest BCUT2D eigenvalue weighted by Crippen LogP contribution is 2.14. The first kappa shape index (κ1) is 16.4. The standard InChI is InChI=1S/C18H19N3O2/c1-21(2)17-11-5-14(6-12-17)4-3-13-19-20-16-9-7-15(8-10-16)18(22)23/h3,5-13H,4H2,1-2H3,(H,22,23)/b13-3+,20-19?. The van der Waals surface area contributed by atoms with Crippen molar-refractivity contribution in [2.75, 3.05) is 19.0 Å². The second kappa shape index (κ2) is 7.89. The molecule has 0 atom stereocenters. The van der Waals surface area contributed by atoms with Crippen LogP contribution in [0.3, 0.4) is 0 Å². The highest BCUT2D eigenvalue weighted by molar-refractivity contribution is 5.87. The summed E-state index contributed by atoms with van der Waals surface area (Å²) in [5.41, 5.74) is 3.23. The van der Waals surface area contributed by atoms with Crippen molar-refractivity contribution < 1.29 is 9.90 Å². The van der Waals surface area contributed by atoms with Gasteiger partial charge in [-0.3, -0.25) is 0 Å². The molecule has 0 spiro atoms. The van der Waals surface area contributed by atoms with E-state index in [1.165, 1.54) is 23.4 Å². The first-order chi connectivity index (χ1) is 11.1. The monoisotopic (exact) mass is 309 g/mol. The van der Waals surface area contributed by atoms with Gasteiger partial charge in [-0.15, -0.1) is 0 Å². The summed E-state index contributed by atoms with van der Waals surface area (Å²) in [6.45, 7) is 0. The summed E-state index contributed by atoms with van der Waals surface area (Å²) in [6.07, 6.45) is 4.36. The van der Waals surface area contributed by atoms with E-state index < -0.39 is 5.97 Å². The number of aromatic carboxylic acids is 1. The number of benzene rings is 2. The Bertz CT molecular complexity index is 702. The Morgan fingerprint density at radius 3 is 2.30 bits per heavy atom. The minimum absolute atomic E-state index is 0.237. The van der Waals surface area contributed by atoms with Gasteiger partial charge in [0.15, 0.2) is 0 Å². The van der Waals surface area contributed by atoms with Crippen molar-refractivity contribution in [2.24, 2.45) is 10.2 Å². The Kier molecular flexibility index (Phi) is 5.63. The molecule has 0 aliphatic carbocycles. The first-order valence-electron chi connectivity index (χ1n) is 7.22. The Morgan fingerprint density at radius 1 is 1.09 bits per heavy atom. The van der Waals surface area contributed by atoms with Crippen molar-refractivity contribution in [1.29, 1.82) is 0 Å². The molecular formula is C18H19N3O2. The van der Waals surface area contributed by atoms with Gasteiger partial charge in [0.2, 0.25) is 0 Å². The van der Waals surface area contributed by atoms with Crippen LogP contribution in [0.4, 0.5) is 11.4 Å². The summed E-state index contributed by atoms with van der Waals surface area (Å²) >= 11 is 0. The quantitative estimate of drug-likeness (QED) is 0.809. The van der Waals surface area contributed by atoms with Gasteiger partial charge in [-0.1, -0.05) is 18.2 Å². The molecule has 0 fully saturated rings. The van der Waals surface area contributed by atoms with Crippen molar-refractivity contribution in [3.05, 3.63) is 71.9 Å². The maximum atomic E-state index is 10.7. The number of carboxylic acids is 1. The molecule has 0 radical (unpaired) electrons. The molecule has 2 aromatic rings. The predicted octanol–water partition coefficient (Wildman–Crippen LogP) is 4.29. The lowest BCUT2D eigenvalue weighted by atomic mass is 10.1. The van der Waals surface area contributed by atoms with Crippen LogP contribution in [0.5, 0.6) is 0 Å². The fourth-order valence-electron chi connectivity index (χ4n) is 1.94. The van der Waals surface area contributed by atoms with E-state index in [2.05, 4.69) is 39.4 Å². The number of azo groups is 1. The number of anilines is 1. The molecule has 0 saturated carbocycles. The van der Waals surface area contributed by atoms with E-state index in [-0.39, 0.29) is 5.56 Å². The summed E-state index contributed by atoms with van der Waals surface area (Å²) < 4.78 is 0. The van der Waals surface area contributed by atoms with Gasteiger partial charge < -0.3 is 10.0 Å². The van der Waals surface area contributed by atoms with E-state index in [9.17, 15) is 4.79 Å². The van der Waals surface area contributed by atoms with E-state index in [0.717, 1.165) is 6.42 Å². The molecule has 2 rings (SSSR count). The molecule has 0 heterocycles. The molecule has 0 aromatic heterocycles. The van der Waals surface area contributed by atoms with Gasteiger partial charge in [-0.25, -0.2) is 4.79 Å². The molecule has 118 valence electrons. The average Bonchev–Trinajstić information content (AvgIpc) is 2.55. The zero-order chi connectivity index (χ0) is 16.7. The molecule has 0 saturated heterocycles. The number of allylic oxidation sites excluding steroid dienone is 1. The van der Waals surface area contributed by atoms with Crippen LogP contribution in [0.25, 0.3) is 0 Å². The largest absolute Gasteiger partial charge is 0.478 e. The van der Waals surface area contributed by atoms with Gasteiger partial charge in [0.25, 0.3) is 0 Å². The van der Waals surface area contributed by atoms with E-state index in [1.807, 2.05) is 20.2 Å². The number of carbonyl (C=O) groups is 1. The van der Waals surface area contributed by atoms with Crippen LogP contribution < -0.4 is 4.90 Å². The van der Waals surface area contributed by atoms with Gasteiger partial charge >= 0.3 is 5.97 Å². The third-order valence-electron chi connectivity index (χ3n) is 3.27. The van der Waals surface area contributed by atoms with Gasteiger partial charge in [-0.05, 0) is 48.4 Å². The van der Waals surface area contributed by atoms with Crippen molar-refractivity contribution in [3.8, 4) is 0 Å². The van der Waals surface area contributed by atoms with Crippen LogP contribution in [0, 0.1) is 0 Å². The maximum absolute atomic E-state index is 10.7. The molecule has 1 N–H and O–H groups in total. The SMILES string of the molecule is CN(C)c1ccc(C/C=C/N=Nc2ccc(C(=O)O)cc2)cc1. The second-order valence-electron chi connectivity index (χ2n) is 5.22. The van der Waals surface area contributed by atoms with Gasteiger partial charge in [0.1, 0.15) is 0 Å². The van der Waals surface area contributed by atoms with Gasteiger partial charge in [0, 0.05) is 26.0 Å². The number of hydrogen-bond donors (Lipinski definition) is 1. The molecule has 0 aliphatic rings. The molecule has 0 bridgehead atoms. The third kappa shape index (κ3) is 5.07. The molecule has 5 nitrogen and oxygen atoms in total. The lowest BCUT2D eigenvalue weighted by molar-refractivity contribution is 0.0697. The van der Waals surface area contributed by atoms with Gasteiger partial charge in [0.05, 0.1) is 11.3 Å². The number of hydrogen-bond acceptors (Lipinski definition) is 4. The van der Waals surface area contributed by atoms with Crippen LogP contribution in [0.15, 0.2) is 71.0 Å². The summed E-state index contributed by atoms with van der Waals surface area (Å²) in [5.74, 6) is -0.950. The molecule has 0 unspecified atom stereocenters. The topological polar surface area (TPSA) is 65.3 Å². The predicted molar refractivity (Wildman–Crippen MR) is 91.5 cm³/mol. The minimum Gasteiger partial charge on any atom is -0.478 e. The van der Waals surface area contributed by atoms with Crippen LogP contribution in [-0.2, 0) is 6.42 Å². The van der Waals surface area contributed by atoms with E-state index >= 15 is 0 Å². The maximum Gasteiger partial charge on any atom is 0.335 e. The average molecular weight is 309 g/mol. The normalized spacial score (nSPS) is 11.2. The molecular weight excluding hydrogens is 290 g/mol. The number of nitrogens with zero attached hydrogens (tertiary/aromatic N) is 3. The third-order valence-corrected chi connectivity index (χ3v) is 3.27. The van der Waals surface area contributed by atoms with E-state index in [4.69, 9.17) is 5.11 Å². The molecule has 0 amide bonds. The van der Waals surface area contributed by atoms with E-state index in [1.54, 1.807) is 18.3 Å². The second-order valence-corrected chi connectivity index (χ2v) is 5.22. The fraction of sp³-hybridized carbons (Fsp3) is 0.167. The van der Waals surface area contributed by atoms with Gasteiger partial charge in [-0.2, -0.15) is 10.2 Å². The highest BCUT2D eigenvalue weighted by atomic mass is 16.4. The lowest BCUT2D eigenvalue weighted by Gasteiger charge is -2.12. The van der Waals surface area contributed by atoms with Crippen LogP contribution in [0.2, 0.25) is 0 Å². The van der Waals surface area contributed by atoms with Crippen molar-refractivity contribution in [1.82, 2.24) is 0 Å². The summed E-state index contributed by atoms with van der Waals surface area (Å²) in [7, 11) is 4.02. The number of rotatable bonds is 6. The zero-order valence-corrected chi connectivity index (χ0v) is 13.2. The Morgan fingerprint density at radius 2 is 1.74 bits per heavy atom. The molecule has 0 aliphatic heterocycles. The fourth-order valence-corrected chi connectivity index (χ4v) is 1.94. The summed E-state index contributed by atoms with van der Waals surface area (Å²) in [4.78, 5) is 12.8. The summed E-state index contributed by atoms with van der Waals surface area (Å²) in [6, 6.07) is 14.6. The summed E-state index contributed by atoms with van der Waals surface area (Å²) in [5, 5.41) is 16.8. The van der Waals surface area contributed by atoms with Crippen LogP contribution in [0.1, 0.15) is 15.9 Å². The van der Waals surface area contributed by atoms with Crippen LogP contribution in [-0.4, -0.2) is 25.2 Å². The molecule has 2 aromatic carbocycles. The lowest BCUT2D eigenvalue weighted by Crippen LogP contribution is -2.08. The Labute approximate surface area is 135 Å². The van der Waals surface area contributed by atoms with E-state index in [0.29, 0.717) is 5.69 Å². The van der Waals surface area contributed by atoms with Crippen molar-refractivity contribution in [3.63, 3.8) is 0 Å². The first-order valence-corrected chi connectivity index (χ1v) is 7.22. The molecule has 23 heavy (non-hydrogen) atoms. The van der Waals surface area contributed by atoms with Crippen LogP contribution >= 0.6 is 0 Å². The smallest absolute Gasteiger partial charge is 0.335 e. The van der Waals surface area contributed by atoms with Crippen molar-refractivity contribution >= 4 is 17.3 Å².